The highest BCUT2D eigenvalue weighted by molar-refractivity contribution is 5.89. The number of fused-ring (bicyclic) bond motifs is 2. The highest BCUT2D eigenvalue weighted by Gasteiger charge is 2.27. The zero-order valence-electron chi connectivity index (χ0n) is 22.0. The predicted octanol–water partition coefficient (Wildman–Crippen LogP) is 4.27. The first-order valence-electron chi connectivity index (χ1n) is 12.7. The lowest BCUT2D eigenvalue weighted by Crippen LogP contribution is -2.53. The van der Waals surface area contributed by atoms with E-state index in [0.717, 1.165) is 5.82 Å². The second-order valence-electron chi connectivity index (χ2n) is 9.49. The Kier molecular flexibility index (Phi) is 6.42. The fourth-order valence-electron chi connectivity index (χ4n) is 4.80. The van der Waals surface area contributed by atoms with E-state index in [1.165, 1.54) is 18.7 Å². The smallest absolute Gasteiger partial charge is 0.246 e. The number of amides is 1. The van der Waals surface area contributed by atoms with Crippen LogP contribution in [0.15, 0.2) is 67.9 Å². The molecule has 1 aromatic carbocycles. The zero-order chi connectivity index (χ0) is 27.8. The van der Waals surface area contributed by atoms with Crippen LogP contribution in [0.4, 0.5) is 21.7 Å². The molecule has 11 nitrogen and oxygen atoms in total. The number of pyridine rings is 2. The molecule has 12 heteroatoms. The summed E-state index contributed by atoms with van der Waals surface area (Å²) in [5.74, 6) is 1.45. The third-order valence-electron chi connectivity index (χ3n) is 6.95. The molecule has 1 N–H and O–H groups in total. The summed E-state index contributed by atoms with van der Waals surface area (Å²) in [4.78, 5) is 33.7. The predicted molar refractivity (Wildman–Crippen MR) is 148 cm³/mol. The summed E-state index contributed by atoms with van der Waals surface area (Å²) in [6.45, 7) is 9.04. The first-order chi connectivity index (χ1) is 19.4. The Morgan fingerprint density at radius 2 is 2.02 bits per heavy atom. The fourth-order valence-corrected chi connectivity index (χ4v) is 4.80. The number of nitrogens with zero attached hydrogens (tertiary/aromatic N) is 8. The van der Waals surface area contributed by atoms with Gasteiger partial charge >= 0.3 is 0 Å². The van der Waals surface area contributed by atoms with Crippen molar-refractivity contribution in [3.8, 4) is 11.5 Å². The first kappa shape index (κ1) is 25.2. The van der Waals surface area contributed by atoms with E-state index >= 15 is 4.39 Å². The van der Waals surface area contributed by atoms with E-state index in [1.54, 1.807) is 46.8 Å². The molecule has 1 amide bonds. The van der Waals surface area contributed by atoms with Crippen molar-refractivity contribution in [2.75, 3.05) is 29.9 Å². The Labute approximate surface area is 229 Å². The van der Waals surface area contributed by atoms with Crippen molar-refractivity contribution in [2.45, 2.75) is 19.9 Å². The summed E-state index contributed by atoms with van der Waals surface area (Å²) < 4.78 is 23.1. The summed E-state index contributed by atoms with van der Waals surface area (Å²) in [7, 11) is 0. The largest absolute Gasteiger partial charge is 0.457 e. The minimum atomic E-state index is -0.471. The zero-order valence-corrected chi connectivity index (χ0v) is 22.0. The maximum atomic E-state index is 15.5. The number of piperazine rings is 1. The van der Waals surface area contributed by atoms with Gasteiger partial charge in [0.05, 0.1) is 11.2 Å². The maximum absolute atomic E-state index is 15.5. The highest BCUT2D eigenvalue weighted by Crippen LogP contribution is 2.33. The molecule has 6 rings (SSSR count). The van der Waals surface area contributed by atoms with Gasteiger partial charge in [-0.05, 0) is 50.3 Å². The molecule has 0 saturated carbocycles. The summed E-state index contributed by atoms with van der Waals surface area (Å²) in [5, 5.41) is 7.15. The third-order valence-corrected chi connectivity index (χ3v) is 6.95. The maximum Gasteiger partial charge on any atom is 0.246 e. The van der Waals surface area contributed by atoms with Crippen LogP contribution in [0.3, 0.4) is 0 Å². The van der Waals surface area contributed by atoms with Gasteiger partial charge in [0.1, 0.15) is 35.5 Å². The molecule has 0 aliphatic carbocycles. The van der Waals surface area contributed by atoms with Gasteiger partial charge in [-0.1, -0.05) is 6.58 Å². The van der Waals surface area contributed by atoms with Crippen molar-refractivity contribution in [3.05, 3.63) is 79.3 Å². The third kappa shape index (κ3) is 4.64. The van der Waals surface area contributed by atoms with Gasteiger partial charge in [0.25, 0.3) is 0 Å². The molecule has 4 aromatic heterocycles. The standard InChI is InChI=1S/C28H26FN9O2/c1-4-25(39)37-12-11-36(14-17(37)2)23-8-6-21-27(35-23)28(32-15-30-21)34-20-5-7-22(18(3)26(20)29)40-19-9-10-38-24(13-19)31-16-33-38/h4-10,13,15-17H,1,11-12,14H2,2-3H3,(H,30,32,34)/t17-/m1/s1. The number of hydrogen-bond donors (Lipinski definition) is 1. The summed E-state index contributed by atoms with van der Waals surface area (Å²) in [5.41, 5.74) is 2.32. The van der Waals surface area contributed by atoms with E-state index in [1.807, 2.05) is 19.1 Å². The van der Waals surface area contributed by atoms with Crippen molar-refractivity contribution in [3.63, 3.8) is 0 Å². The Balaban J connectivity index is 1.25. The number of anilines is 3. The van der Waals surface area contributed by atoms with Gasteiger partial charge in [-0.25, -0.2) is 28.8 Å². The molecule has 0 bridgehead atoms. The van der Waals surface area contributed by atoms with Crippen LogP contribution >= 0.6 is 0 Å². The van der Waals surface area contributed by atoms with Crippen LogP contribution in [0.1, 0.15) is 12.5 Å². The molecule has 1 fully saturated rings. The molecule has 202 valence electrons. The Morgan fingerprint density at radius 3 is 2.85 bits per heavy atom. The molecular formula is C28H26FN9O2. The highest BCUT2D eigenvalue weighted by atomic mass is 19.1. The summed E-state index contributed by atoms with van der Waals surface area (Å²) in [6, 6.07) is 10.5. The summed E-state index contributed by atoms with van der Waals surface area (Å²) in [6.07, 6.45) is 5.93. The topological polar surface area (TPSA) is 114 Å². The number of nitrogens with one attached hydrogen (secondary N) is 1. The Bertz CT molecular complexity index is 1760. The van der Waals surface area contributed by atoms with Gasteiger partial charge in [-0.15, -0.1) is 0 Å². The van der Waals surface area contributed by atoms with E-state index in [4.69, 9.17) is 9.72 Å². The van der Waals surface area contributed by atoms with Gasteiger partial charge < -0.3 is 19.9 Å². The van der Waals surface area contributed by atoms with Crippen LogP contribution < -0.4 is 15.0 Å². The second kappa shape index (κ2) is 10.2. The lowest BCUT2D eigenvalue weighted by molar-refractivity contribution is -0.128. The molecule has 1 aliphatic rings. The lowest BCUT2D eigenvalue weighted by atomic mass is 10.1. The van der Waals surface area contributed by atoms with Crippen molar-refractivity contribution < 1.29 is 13.9 Å². The van der Waals surface area contributed by atoms with Crippen molar-refractivity contribution in [2.24, 2.45) is 0 Å². The molecule has 40 heavy (non-hydrogen) atoms. The molecule has 5 aromatic rings. The number of benzene rings is 1. The van der Waals surface area contributed by atoms with E-state index in [2.05, 4.69) is 36.8 Å². The number of ether oxygens (including phenoxy) is 1. The molecule has 0 unspecified atom stereocenters. The van der Waals surface area contributed by atoms with Crippen LogP contribution in [-0.4, -0.2) is 66.0 Å². The Hall–Kier alpha value is -5.13. The number of hydrogen-bond acceptors (Lipinski definition) is 9. The van der Waals surface area contributed by atoms with Crippen LogP contribution in [-0.2, 0) is 4.79 Å². The fraction of sp³-hybridized carbons (Fsp3) is 0.214. The van der Waals surface area contributed by atoms with E-state index < -0.39 is 5.82 Å². The van der Waals surface area contributed by atoms with Crippen LogP contribution in [0.25, 0.3) is 16.7 Å². The normalized spacial score (nSPS) is 15.4. The summed E-state index contributed by atoms with van der Waals surface area (Å²) >= 11 is 0. The number of carbonyl (C=O) groups is 1. The average Bonchev–Trinajstić information content (AvgIpc) is 3.44. The van der Waals surface area contributed by atoms with Crippen LogP contribution in [0.5, 0.6) is 11.5 Å². The number of halogens is 1. The van der Waals surface area contributed by atoms with E-state index in [0.29, 0.717) is 59.2 Å². The minimum Gasteiger partial charge on any atom is -0.457 e. The van der Waals surface area contributed by atoms with Crippen molar-refractivity contribution in [1.29, 1.82) is 0 Å². The molecule has 5 heterocycles. The lowest BCUT2D eigenvalue weighted by Gasteiger charge is -2.40. The molecular weight excluding hydrogens is 513 g/mol. The molecule has 1 saturated heterocycles. The van der Waals surface area contributed by atoms with Crippen LogP contribution in [0.2, 0.25) is 0 Å². The molecule has 0 radical (unpaired) electrons. The van der Waals surface area contributed by atoms with Gasteiger partial charge in [0, 0.05) is 43.5 Å². The molecule has 1 aliphatic heterocycles. The number of aromatic nitrogens is 6. The monoisotopic (exact) mass is 539 g/mol. The second-order valence-corrected chi connectivity index (χ2v) is 9.49. The van der Waals surface area contributed by atoms with E-state index in [-0.39, 0.29) is 17.6 Å². The van der Waals surface area contributed by atoms with Crippen molar-refractivity contribution >= 4 is 39.9 Å². The van der Waals surface area contributed by atoms with Crippen molar-refractivity contribution in [1.82, 2.24) is 34.4 Å². The molecule has 0 spiro atoms. The average molecular weight is 540 g/mol. The van der Waals surface area contributed by atoms with Gasteiger partial charge in [-0.2, -0.15) is 5.10 Å². The van der Waals surface area contributed by atoms with Gasteiger partial charge in [-0.3, -0.25) is 4.79 Å². The Morgan fingerprint density at radius 1 is 1.15 bits per heavy atom. The van der Waals surface area contributed by atoms with Gasteiger partial charge in [0.2, 0.25) is 5.91 Å². The van der Waals surface area contributed by atoms with Gasteiger partial charge in [0.15, 0.2) is 17.3 Å². The minimum absolute atomic E-state index is 0.00236. The molecule has 1 atom stereocenters. The quantitative estimate of drug-likeness (QED) is 0.316. The SMILES string of the molecule is C=CC(=O)N1CCN(c2ccc3ncnc(Nc4ccc(Oc5ccn6ncnc6c5)c(C)c4F)c3n2)C[C@H]1C. The van der Waals surface area contributed by atoms with Crippen LogP contribution in [0, 0.1) is 12.7 Å². The first-order valence-corrected chi connectivity index (χ1v) is 12.7. The number of rotatable bonds is 6. The van der Waals surface area contributed by atoms with E-state index in [9.17, 15) is 4.79 Å². The number of carbonyl (C=O) groups excluding carboxylic acids is 1.